The number of aromatic nitrogens is 1. The first-order valence-electron chi connectivity index (χ1n) is 12.4. The average Bonchev–Trinajstić information content (AvgIpc) is 3.29. The quantitative estimate of drug-likeness (QED) is 0.166. The second-order valence-corrected chi connectivity index (χ2v) is 11.2. The van der Waals surface area contributed by atoms with Crippen LogP contribution in [0.1, 0.15) is 47.1 Å². The van der Waals surface area contributed by atoms with Gasteiger partial charge in [-0.1, -0.05) is 54.1 Å². The zero-order valence-corrected chi connectivity index (χ0v) is 23.7. The van der Waals surface area contributed by atoms with E-state index in [1.54, 1.807) is 88.2 Å². The van der Waals surface area contributed by atoms with Crippen molar-refractivity contribution in [2.24, 2.45) is 5.10 Å². The highest BCUT2D eigenvalue weighted by Crippen LogP contribution is 2.32. The number of hydrogen-bond donors (Lipinski definition) is 0. The third kappa shape index (κ3) is 6.88. The number of carbonyl (C=O) groups is 2. The summed E-state index contributed by atoms with van der Waals surface area (Å²) in [4.78, 5) is 45.2. The van der Waals surface area contributed by atoms with Crippen molar-refractivity contribution in [3.8, 4) is 0 Å². The van der Waals surface area contributed by atoms with Gasteiger partial charge in [0, 0.05) is 30.4 Å². The normalized spacial score (nSPS) is 14.3. The Hall–Kier alpha value is -4.16. The summed E-state index contributed by atoms with van der Waals surface area (Å²) in [5.41, 5.74) is 0.668. The molecular formula is C27H28ClN7O4S. The van der Waals surface area contributed by atoms with E-state index in [1.807, 2.05) is 20.8 Å². The van der Waals surface area contributed by atoms with E-state index in [0.717, 1.165) is 17.7 Å². The Morgan fingerprint density at radius 2 is 1.60 bits per heavy atom. The Labute approximate surface area is 241 Å². The number of halogens is 1. The number of amides is 2. The lowest BCUT2D eigenvalue weighted by Gasteiger charge is -2.43. The Kier molecular flexibility index (Phi) is 8.90. The van der Waals surface area contributed by atoms with Crippen LogP contribution in [0.3, 0.4) is 0 Å². The molecular weight excluding hydrogens is 554 g/mol. The molecule has 1 aliphatic rings. The summed E-state index contributed by atoms with van der Waals surface area (Å²) >= 11 is 6.79. The van der Waals surface area contributed by atoms with E-state index in [9.17, 15) is 19.7 Å². The van der Waals surface area contributed by atoms with Crippen LogP contribution in [0.15, 0.2) is 84.1 Å². The minimum Gasteiger partial charge on any atom is -0.331 e. The number of hydrazine groups is 1. The Balaban J connectivity index is 1.72. The molecule has 1 saturated heterocycles. The maximum atomic E-state index is 14.0. The van der Waals surface area contributed by atoms with E-state index in [2.05, 4.69) is 10.1 Å². The van der Waals surface area contributed by atoms with Crippen LogP contribution in [0.25, 0.3) is 0 Å². The summed E-state index contributed by atoms with van der Waals surface area (Å²) in [6, 6.07) is 20.6. The number of guanidine groups is 1. The Morgan fingerprint density at radius 3 is 2.12 bits per heavy atom. The molecule has 1 aliphatic heterocycles. The van der Waals surface area contributed by atoms with Crippen LogP contribution in [0, 0.1) is 10.1 Å². The Bertz CT molecular complexity index is 1390. The summed E-state index contributed by atoms with van der Waals surface area (Å²) in [6.45, 7) is 6.42. The third-order valence-corrected chi connectivity index (χ3v) is 7.06. The fourth-order valence-electron chi connectivity index (χ4n) is 4.01. The van der Waals surface area contributed by atoms with Crippen LogP contribution in [0.4, 0.5) is 0 Å². The topological polar surface area (TPSA) is 115 Å². The lowest BCUT2D eigenvalue weighted by atomic mass is 10.1. The van der Waals surface area contributed by atoms with Crippen LogP contribution in [-0.4, -0.2) is 65.0 Å². The van der Waals surface area contributed by atoms with Crippen LogP contribution in [0.5, 0.6) is 0 Å². The maximum absolute atomic E-state index is 14.0. The molecule has 40 heavy (non-hydrogen) atoms. The summed E-state index contributed by atoms with van der Waals surface area (Å²) in [6.07, 6.45) is 1.59. The highest BCUT2D eigenvalue weighted by molar-refractivity contribution is 7.95. The number of nitrogens with zero attached hydrogens (tertiary/aromatic N) is 7. The van der Waals surface area contributed by atoms with Gasteiger partial charge in [-0.15, -0.1) is 0 Å². The number of hydrogen-bond acceptors (Lipinski definition) is 6. The molecule has 0 aliphatic carbocycles. The van der Waals surface area contributed by atoms with Gasteiger partial charge in [-0.25, -0.2) is 20.1 Å². The van der Waals surface area contributed by atoms with Crippen molar-refractivity contribution in [2.75, 3.05) is 13.1 Å². The van der Waals surface area contributed by atoms with Crippen LogP contribution in [-0.2, 0) is 6.54 Å². The third-order valence-electron chi connectivity index (χ3n) is 5.81. The molecule has 208 valence electrons. The molecule has 0 unspecified atom stereocenters. The van der Waals surface area contributed by atoms with Crippen LogP contribution >= 0.6 is 23.7 Å². The van der Waals surface area contributed by atoms with Crippen molar-refractivity contribution >= 4 is 41.5 Å². The van der Waals surface area contributed by atoms with E-state index in [4.69, 9.17) is 11.6 Å². The van der Waals surface area contributed by atoms with Gasteiger partial charge < -0.3 is 4.90 Å². The average molecular weight is 582 g/mol. The van der Waals surface area contributed by atoms with Gasteiger partial charge in [0.2, 0.25) is 0 Å². The molecule has 11 nitrogen and oxygen atoms in total. The summed E-state index contributed by atoms with van der Waals surface area (Å²) in [5, 5.41) is 16.1. The SMILES string of the molecule is CC(C)(C)N(C(=O)c1ccccc1)N(SN1CCN(Cc2ccc(Cl)nc2)/C1=N/[N+](=O)[O-])C(=O)c1ccccc1. The molecule has 1 fully saturated rings. The van der Waals surface area contributed by atoms with Crippen molar-refractivity contribution in [3.63, 3.8) is 0 Å². The zero-order chi connectivity index (χ0) is 28.9. The van der Waals surface area contributed by atoms with E-state index in [1.165, 1.54) is 9.42 Å². The molecule has 1 aromatic heterocycles. The fraction of sp³-hybridized carbons (Fsp3) is 0.259. The van der Waals surface area contributed by atoms with E-state index >= 15 is 0 Å². The molecule has 2 aromatic carbocycles. The molecule has 4 rings (SSSR count). The molecule has 2 amide bonds. The minimum absolute atomic E-state index is 0.0387. The lowest BCUT2D eigenvalue weighted by Crippen LogP contribution is -2.56. The fourth-order valence-corrected chi connectivity index (χ4v) is 5.27. The van der Waals surface area contributed by atoms with Crippen LogP contribution in [0.2, 0.25) is 5.15 Å². The molecule has 13 heteroatoms. The van der Waals surface area contributed by atoms with Gasteiger partial charge in [-0.3, -0.25) is 13.9 Å². The van der Waals surface area contributed by atoms with Gasteiger partial charge >= 0.3 is 0 Å². The lowest BCUT2D eigenvalue weighted by molar-refractivity contribution is -0.486. The summed E-state index contributed by atoms with van der Waals surface area (Å²) in [7, 11) is 0. The molecule has 0 saturated carbocycles. The smallest absolute Gasteiger partial charge is 0.285 e. The summed E-state index contributed by atoms with van der Waals surface area (Å²) in [5.74, 6) is -0.830. The maximum Gasteiger partial charge on any atom is 0.285 e. The van der Waals surface area contributed by atoms with Crippen molar-refractivity contribution < 1.29 is 14.6 Å². The predicted molar refractivity (Wildman–Crippen MR) is 153 cm³/mol. The van der Waals surface area contributed by atoms with Crippen LogP contribution < -0.4 is 0 Å². The number of pyridine rings is 1. The monoisotopic (exact) mass is 581 g/mol. The molecule has 0 bridgehead atoms. The van der Waals surface area contributed by atoms with Gasteiger partial charge in [-0.2, -0.15) is 4.41 Å². The van der Waals surface area contributed by atoms with Gasteiger partial charge in [0.05, 0.1) is 24.2 Å². The van der Waals surface area contributed by atoms with Crippen molar-refractivity contribution in [1.82, 2.24) is 23.6 Å². The van der Waals surface area contributed by atoms with Crippen molar-refractivity contribution in [1.29, 1.82) is 0 Å². The largest absolute Gasteiger partial charge is 0.331 e. The zero-order valence-electron chi connectivity index (χ0n) is 22.2. The molecule has 0 N–H and O–H groups in total. The first-order chi connectivity index (χ1) is 19.0. The second kappa shape index (κ2) is 12.3. The first kappa shape index (κ1) is 28.8. The molecule has 2 heterocycles. The van der Waals surface area contributed by atoms with Crippen molar-refractivity contribution in [2.45, 2.75) is 32.9 Å². The number of carbonyl (C=O) groups excluding carboxylic acids is 2. The predicted octanol–water partition coefficient (Wildman–Crippen LogP) is 4.96. The number of rotatable bonds is 7. The number of nitro groups is 1. The highest BCUT2D eigenvalue weighted by atomic mass is 35.5. The highest BCUT2D eigenvalue weighted by Gasteiger charge is 2.41. The van der Waals surface area contributed by atoms with E-state index in [0.29, 0.717) is 29.4 Å². The minimum atomic E-state index is -0.848. The standard InChI is InChI=1S/C27H28ClN7O4S/c1-27(2,3)33(24(36)21-10-6-4-7-11-21)34(25(37)22-12-8-5-9-13-22)40-32-17-16-31(26(32)30-35(38)39)19-20-14-15-23(28)29-18-20/h4-15,18H,16-17,19H2,1-3H3/b30-26-. The van der Waals surface area contributed by atoms with Gasteiger partial charge in [0.25, 0.3) is 17.8 Å². The molecule has 0 atom stereocenters. The Morgan fingerprint density at radius 1 is 1.00 bits per heavy atom. The van der Waals surface area contributed by atoms with E-state index in [-0.39, 0.29) is 12.5 Å². The molecule has 0 spiro atoms. The second-order valence-electron chi connectivity index (χ2n) is 9.83. The van der Waals surface area contributed by atoms with Gasteiger partial charge in [0.1, 0.15) is 10.3 Å². The van der Waals surface area contributed by atoms with Gasteiger partial charge in [-0.05, 0) is 56.7 Å². The number of hydrazone groups is 1. The van der Waals surface area contributed by atoms with Crippen molar-refractivity contribution in [3.05, 3.63) is 111 Å². The van der Waals surface area contributed by atoms with E-state index < -0.39 is 22.4 Å². The molecule has 0 radical (unpaired) electrons. The molecule has 3 aromatic rings. The first-order valence-corrected chi connectivity index (χ1v) is 13.5. The number of benzene rings is 2. The van der Waals surface area contributed by atoms with Gasteiger partial charge in [0.15, 0.2) is 5.03 Å². The summed E-state index contributed by atoms with van der Waals surface area (Å²) < 4.78 is 2.80.